The van der Waals surface area contributed by atoms with Crippen LogP contribution in [0.25, 0.3) is 0 Å². The van der Waals surface area contributed by atoms with E-state index in [2.05, 4.69) is 14.7 Å². The minimum absolute atomic E-state index is 0.0119. The van der Waals surface area contributed by atoms with Crippen molar-refractivity contribution in [3.8, 4) is 0 Å². The van der Waals surface area contributed by atoms with Gasteiger partial charge in [-0.2, -0.15) is 4.99 Å². The van der Waals surface area contributed by atoms with Crippen LogP contribution >= 0.6 is 0 Å². The van der Waals surface area contributed by atoms with E-state index < -0.39 is 0 Å². The van der Waals surface area contributed by atoms with Crippen LogP contribution in [-0.4, -0.2) is 19.1 Å². The van der Waals surface area contributed by atoms with Gasteiger partial charge in [-0.15, -0.1) is 0 Å². The minimum atomic E-state index is -0.0119. The van der Waals surface area contributed by atoms with Gasteiger partial charge in [0.05, 0.1) is 12.8 Å². The average molecular weight is 192 g/mol. The molecule has 0 heterocycles. The molecule has 0 aromatic heterocycles. The second-order valence-corrected chi connectivity index (χ2v) is 2.46. The van der Waals surface area contributed by atoms with Gasteiger partial charge in [-0.25, -0.2) is 4.99 Å². The predicted octanol–water partition coefficient (Wildman–Crippen LogP) is 0.594. The lowest BCUT2D eigenvalue weighted by molar-refractivity contribution is 0.397. The molecule has 0 aliphatic heterocycles. The van der Waals surface area contributed by atoms with E-state index in [9.17, 15) is 0 Å². The monoisotopic (exact) mass is 192 g/mol. The molecule has 74 valence electrons. The third kappa shape index (κ3) is 3.14. The Morgan fingerprint density at radius 3 is 2.43 bits per heavy atom. The fraction of sp³-hybridized carbons (Fsp3) is 0.111. The van der Waals surface area contributed by atoms with Crippen LogP contribution in [0.1, 0.15) is 0 Å². The molecule has 0 saturated carbocycles. The Morgan fingerprint density at radius 2 is 1.86 bits per heavy atom. The smallest absolute Gasteiger partial charge is 0.289 e. The Labute approximate surface area is 82.1 Å². The lowest BCUT2D eigenvalue weighted by Crippen LogP contribution is -2.19. The van der Waals surface area contributed by atoms with Crippen LogP contribution in [0.2, 0.25) is 0 Å². The Hall–Kier alpha value is -2.04. The highest BCUT2D eigenvalue weighted by atomic mass is 16.5. The molecule has 0 atom stereocenters. The molecular formula is C9H12N4O. The van der Waals surface area contributed by atoms with Crippen LogP contribution in [0.5, 0.6) is 0 Å². The number of aliphatic imine (C=N–C) groups is 2. The highest BCUT2D eigenvalue weighted by Crippen LogP contribution is 2.09. The molecule has 1 rings (SSSR count). The molecule has 0 bridgehead atoms. The molecule has 0 fully saturated rings. The van der Waals surface area contributed by atoms with E-state index in [-0.39, 0.29) is 12.0 Å². The van der Waals surface area contributed by atoms with Crippen molar-refractivity contribution in [3.05, 3.63) is 30.3 Å². The third-order valence-corrected chi connectivity index (χ3v) is 1.43. The highest BCUT2D eigenvalue weighted by molar-refractivity contribution is 5.91. The van der Waals surface area contributed by atoms with Gasteiger partial charge in [0.15, 0.2) is 0 Å². The van der Waals surface area contributed by atoms with Gasteiger partial charge in [0.25, 0.3) is 6.02 Å². The molecule has 5 heteroatoms. The first-order valence-corrected chi connectivity index (χ1v) is 3.99. The van der Waals surface area contributed by atoms with Crippen LogP contribution in [0.4, 0.5) is 5.69 Å². The van der Waals surface area contributed by atoms with Crippen LogP contribution in [0, 0.1) is 0 Å². The lowest BCUT2D eigenvalue weighted by atomic mass is 10.3. The fourth-order valence-electron chi connectivity index (χ4n) is 0.818. The summed E-state index contributed by atoms with van der Waals surface area (Å²) in [7, 11) is 1.41. The Morgan fingerprint density at radius 1 is 1.21 bits per heavy atom. The molecule has 5 nitrogen and oxygen atoms in total. The van der Waals surface area contributed by atoms with Gasteiger partial charge in [-0.1, -0.05) is 18.2 Å². The summed E-state index contributed by atoms with van der Waals surface area (Å²) in [6.45, 7) is 0. The Bertz CT molecular complexity index is 345. The summed E-state index contributed by atoms with van der Waals surface area (Å²) in [5, 5.41) is 0. The summed E-state index contributed by atoms with van der Waals surface area (Å²) in [6, 6.07) is 9.21. The van der Waals surface area contributed by atoms with E-state index in [4.69, 9.17) is 11.5 Å². The first kappa shape index (κ1) is 10.0. The molecule has 0 amide bonds. The van der Waals surface area contributed by atoms with E-state index in [1.54, 1.807) is 0 Å². The summed E-state index contributed by atoms with van der Waals surface area (Å²) in [6.07, 6.45) is 0. The van der Waals surface area contributed by atoms with Crippen molar-refractivity contribution < 1.29 is 4.74 Å². The Balaban J connectivity index is 2.79. The standard InChI is InChI=1S/C9H12N4O/c1-14-9(11)13-8(10)12-7-5-3-2-4-6-7/h2-6H,1H3,(H4,10,11,12,13). The van der Waals surface area contributed by atoms with E-state index in [1.165, 1.54) is 7.11 Å². The maximum absolute atomic E-state index is 5.48. The molecule has 0 aliphatic carbocycles. The summed E-state index contributed by atoms with van der Waals surface area (Å²) >= 11 is 0. The number of benzene rings is 1. The predicted molar refractivity (Wildman–Crippen MR) is 56.4 cm³/mol. The average Bonchev–Trinajstić information content (AvgIpc) is 2.19. The first-order chi connectivity index (χ1) is 6.72. The van der Waals surface area contributed by atoms with Crippen molar-refractivity contribution in [2.45, 2.75) is 0 Å². The topological polar surface area (TPSA) is 86.0 Å². The molecule has 0 saturated heterocycles. The van der Waals surface area contributed by atoms with Gasteiger partial charge in [0.1, 0.15) is 0 Å². The van der Waals surface area contributed by atoms with Gasteiger partial charge in [0, 0.05) is 0 Å². The molecular weight excluding hydrogens is 180 g/mol. The van der Waals surface area contributed by atoms with Crippen molar-refractivity contribution >= 4 is 17.7 Å². The molecule has 4 N–H and O–H groups in total. The van der Waals surface area contributed by atoms with Gasteiger partial charge < -0.3 is 16.2 Å². The van der Waals surface area contributed by atoms with Crippen LogP contribution in [0.3, 0.4) is 0 Å². The van der Waals surface area contributed by atoms with Crippen molar-refractivity contribution in [1.29, 1.82) is 0 Å². The molecule has 0 spiro atoms. The summed E-state index contributed by atoms with van der Waals surface area (Å²) in [5.74, 6) is 0.0653. The maximum Gasteiger partial charge on any atom is 0.289 e. The number of rotatable bonds is 1. The van der Waals surface area contributed by atoms with E-state index in [0.717, 1.165) is 5.69 Å². The SMILES string of the molecule is CO/C(N)=N/C(N)=Nc1ccccc1. The quantitative estimate of drug-likeness (QED) is 0.504. The van der Waals surface area contributed by atoms with E-state index >= 15 is 0 Å². The number of methoxy groups -OCH3 is 1. The first-order valence-electron chi connectivity index (χ1n) is 3.99. The van der Waals surface area contributed by atoms with Crippen molar-refractivity contribution in [2.24, 2.45) is 21.5 Å². The zero-order valence-electron chi connectivity index (χ0n) is 7.84. The minimum Gasteiger partial charge on any atom is -0.468 e. The molecule has 0 radical (unpaired) electrons. The third-order valence-electron chi connectivity index (χ3n) is 1.43. The number of ether oxygens (including phenoxy) is 1. The number of nitrogens with zero attached hydrogens (tertiary/aromatic N) is 2. The summed E-state index contributed by atoms with van der Waals surface area (Å²) < 4.78 is 4.63. The van der Waals surface area contributed by atoms with E-state index in [0.29, 0.717) is 0 Å². The second-order valence-electron chi connectivity index (χ2n) is 2.46. The molecule has 0 aliphatic rings. The van der Waals surface area contributed by atoms with Crippen LogP contribution in [0.15, 0.2) is 40.3 Å². The van der Waals surface area contributed by atoms with Crippen LogP contribution < -0.4 is 11.5 Å². The second kappa shape index (κ2) is 4.86. The largest absolute Gasteiger partial charge is 0.468 e. The summed E-state index contributed by atoms with van der Waals surface area (Å²) in [4.78, 5) is 7.68. The number of para-hydroxylation sites is 1. The number of hydrogen-bond donors (Lipinski definition) is 2. The van der Waals surface area contributed by atoms with Gasteiger partial charge >= 0.3 is 0 Å². The number of nitrogens with two attached hydrogens (primary N) is 2. The van der Waals surface area contributed by atoms with Gasteiger partial charge in [0.2, 0.25) is 5.96 Å². The zero-order valence-corrected chi connectivity index (χ0v) is 7.84. The molecule has 0 unspecified atom stereocenters. The maximum atomic E-state index is 5.48. The van der Waals surface area contributed by atoms with Crippen molar-refractivity contribution in [1.82, 2.24) is 0 Å². The summed E-state index contributed by atoms with van der Waals surface area (Å²) in [5.41, 5.74) is 11.5. The number of guanidine groups is 1. The number of amidine groups is 1. The lowest BCUT2D eigenvalue weighted by Gasteiger charge is -1.97. The van der Waals surface area contributed by atoms with E-state index in [1.807, 2.05) is 30.3 Å². The molecule has 1 aromatic rings. The van der Waals surface area contributed by atoms with Crippen molar-refractivity contribution in [2.75, 3.05) is 7.11 Å². The van der Waals surface area contributed by atoms with Crippen LogP contribution in [-0.2, 0) is 4.74 Å². The number of hydrogen-bond acceptors (Lipinski definition) is 2. The molecule has 1 aromatic carbocycles. The van der Waals surface area contributed by atoms with Gasteiger partial charge in [-0.3, -0.25) is 0 Å². The highest BCUT2D eigenvalue weighted by Gasteiger charge is 1.92. The van der Waals surface area contributed by atoms with Crippen molar-refractivity contribution in [3.63, 3.8) is 0 Å². The fourth-order valence-corrected chi connectivity index (χ4v) is 0.818. The van der Waals surface area contributed by atoms with Gasteiger partial charge in [-0.05, 0) is 12.1 Å². The Kier molecular flexibility index (Phi) is 3.49. The zero-order chi connectivity index (χ0) is 10.4. The molecule has 14 heavy (non-hydrogen) atoms. The normalized spacial score (nSPS) is 12.6.